The first-order chi connectivity index (χ1) is 9.45. The number of aromatic nitrogens is 3. The van der Waals surface area contributed by atoms with Crippen LogP contribution < -0.4 is 5.73 Å². The number of anilines is 1. The molecule has 0 amide bonds. The highest BCUT2D eigenvalue weighted by Gasteiger charge is 2.21. The molecule has 0 saturated carbocycles. The highest BCUT2D eigenvalue weighted by atomic mass is 32.2. The Morgan fingerprint density at radius 3 is 2.80 bits per heavy atom. The number of nitrogen functional groups attached to an aromatic ring is 1. The van der Waals surface area contributed by atoms with E-state index in [1.807, 2.05) is 6.92 Å². The summed E-state index contributed by atoms with van der Waals surface area (Å²) in [4.78, 5) is 4.29. The lowest BCUT2D eigenvalue weighted by atomic mass is 10.2. The number of nitrogens with zero attached hydrogens (tertiary/aromatic N) is 3. The van der Waals surface area contributed by atoms with Crippen molar-refractivity contribution in [2.45, 2.75) is 37.5 Å². The fourth-order valence-electron chi connectivity index (χ4n) is 2.01. The molecule has 0 aliphatic carbocycles. The van der Waals surface area contributed by atoms with Gasteiger partial charge in [-0.1, -0.05) is 13.0 Å². The van der Waals surface area contributed by atoms with Crippen LogP contribution in [0.2, 0.25) is 0 Å². The number of sulfone groups is 1. The second kappa shape index (κ2) is 5.62. The summed E-state index contributed by atoms with van der Waals surface area (Å²) in [6.45, 7) is 4.36. The van der Waals surface area contributed by atoms with Gasteiger partial charge < -0.3 is 5.73 Å². The minimum atomic E-state index is -3.48. The van der Waals surface area contributed by atoms with Crippen LogP contribution in [0.5, 0.6) is 0 Å². The van der Waals surface area contributed by atoms with Crippen molar-refractivity contribution in [3.63, 3.8) is 0 Å². The van der Waals surface area contributed by atoms with Crippen LogP contribution in [0.15, 0.2) is 29.4 Å². The molecule has 0 saturated heterocycles. The van der Waals surface area contributed by atoms with E-state index in [9.17, 15) is 8.42 Å². The van der Waals surface area contributed by atoms with Crippen molar-refractivity contribution in [2.24, 2.45) is 0 Å². The normalized spacial score (nSPS) is 11.7. The number of benzene rings is 1. The van der Waals surface area contributed by atoms with E-state index in [1.54, 1.807) is 29.8 Å². The molecule has 2 N–H and O–H groups in total. The molecule has 1 aromatic carbocycles. The van der Waals surface area contributed by atoms with E-state index < -0.39 is 9.84 Å². The van der Waals surface area contributed by atoms with E-state index in [4.69, 9.17) is 5.73 Å². The first-order valence-corrected chi connectivity index (χ1v) is 8.05. The molecule has 0 aliphatic rings. The Morgan fingerprint density at radius 1 is 1.35 bits per heavy atom. The number of nitrogens with two attached hydrogens (primary N) is 1. The van der Waals surface area contributed by atoms with Crippen molar-refractivity contribution in [3.05, 3.63) is 35.9 Å². The lowest BCUT2D eigenvalue weighted by molar-refractivity contribution is 0.566. The average molecular weight is 294 g/mol. The molecule has 0 fully saturated rings. The zero-order valence-corrected chi connectivity index (χ0v) is 12.4. The second-order valence-electron chi connectivity index (χ2n) is 4.63. The van der Waals surface area contributed by atoms with Crippen LogP contribution in [0.1, 0.15) is 24.7 Å². The van der Waals surface area contributed by atoms with Crippen LogP contribution in [-0.2, 0) is 22.1 Å². The van der Waals surface area contributed by atoms with E-state index >= 15 is 0 Å². The highest BCUT2D eigenvalue weighted by molar-refractivity contribution is 7.90. The Balaban J connectivity index is 2.36. The van der Waals surface area contributed by atoms with Gasteiger partial charge in [-0.3, -0.25) is 0 Å². The van der Waals surface area contributed by atoms with E-state index in [1.165, 1.54) is 6.33 Å². The summed E-state index contributed by atoms with van der Waals surface area (Å²) in [5.41, 5.74) is 6.82. The molecule has 0 atom stereocenters. The van der Waals surface area contributed by atoms with Crippen LogP contribution in [-0.4, -0.2) is 23.2 Å². The molecule has 2 rings (SSSR count). The molecule has 0 spiro atoms. The Labute approximate surface area is 118 Å². The molecule has 0 unspecified atom stereocenters. The van der Waals surface area contributed by atoms with E-state index in [-0.39, 0.29) is 10.6 Å². The molecule has 7 heteroatoms. The van der Waals surface area contributed by atoms with E-state index in [0.29, 0.717) is 23.6 Å². The molecule has 2 aromatic rings. The Bertz CT molecular complexity index is 707. The lowest BCUT2D eigenvalue weighted by Crippen LogP contribution is -2.13. The van der Waals surface area contributed by atoms with Crippen LogP contribution in [0.25, 0.3) is 0 Å². The van der Waals surface area contributed by atoms with Crippen molar-refractivity contribution >= 4 is 15.5 Å². The Kier molecular flexibility index (Phi) is 4.08. The van der Waals surface area contributed by atoms with Gasteiger partial charge in [-0.15, -0.1) is 0 Å². The topological polar surface area (TPSA) is 90.9 Å². The smallest absolute Gasteiger partial charge is 0.185 e. The van der Waals surface area contributed by atoms with Gasteiger partial charge in [-0.05, 0) is 31.0 Å². The van der Waals surface area contributed by atoms with Crippen LogP contribution in [0.3, 0.4) is 0 Å². The first kappa shape index (κ1) is 14.5. The van der Waals surface area contributed by atoms with Gasteiger partial charge in [-0.25, -0.2) is 18.1 Å². The van der Waals surface area contributed by atoms with Gasteiger partial charge in [0.25, 0.3) is 0 Å². The molecule has 0 radical (unpaired) electrons. The summed E-state index contributed by atoms with van der Waals surface area (Å²) in [7, 11) is -3.48. The fourth-order valence-corrected chi connectivity index (χ4v) is 3.60. The third kappa shape index (κ3) is 2.82. The number of rotatable bonds is 5. The van der Waals surface area contributed by atoms with Crippen LogP contribution in [0.4, 0.5) is 5.69 Å². The molecule has 108 valence electrons. The fraction of sp³-hybridized carbons (Fsp3) is 0.385. The molecule has 1 aromatic heterocycles. The summed E-state index contributed by atoms with van der Waals surface area (Å²) >= 11 is 0. The summed E-state index contributed by atoms with van der Waals surface area (Å²) in [6.07, 6.45) is 2.25. The van der Waals surface area contributed by atoms with Gasteiger partial charge in [0, 0.05) is 12.2 Å². The maximum atomic E-state index is 12.5. The first-order valence-electron chi connectivity index (χ1n) is 6.40. The molecular formula is C13H18N4O2S. The van der Waals surface area contributed by atoms with Gasteiger partial charge in [0.15, 0.2) is 9.84 Å². The van der Waals surface area contributed by atoms with Crippen LogP contribution >= 0.6 is 0 Å². The quantitative estimate of drug-likeness (QED) is 0.845. The van der Waals surface area contributed by atoms with Crippen molar-refractivity contribution in [1.29, 1.82) is 0 Å². The van der Waals surface area contributed by atoms with E-state index in [2.05, 4.69) is 10.1 Å². The largest absolute Gasteiger partial charge is 0.398 e. The van der Waals surface area contributed by atoms with Crippen molar-refractivity contribution in [1.82, 2.24) is 14.8 Å². The van der Waals surface area contributed by atoms with Gasteiger partial charge >= 0.3 is 0 Å². The third-order valence-electron chi connectivity index (χ3n) is 3.11. The molecule has 20 heavy (non-hydrogen) atoms. The van der Waals surface area contributed by atoms with Crippen molar-refractivity contribution < 1.29 is 8.42 Å². The van der Waals surface area contributed by atoms with Crippen LogP contribution in [0, 0.1) is 6.92 Å². The lowest BCUT2D eigenvalue weighted by Gasteiger charge is -2.10. The molecule has 0 bridgehead atoms. The molecule has 0 aliphatic heterocycles. The Hall–Kier alpha value is -1.89. The minimum absolute atomic E-state index is 0.169. The predicted molar refractivity (Wildman–Crippen MR) is 76.8 cm³/mol. The molecular weight excluding hydrogens is 276 g/mol. The molecule has 6 nitrogen and oxygen atoms in total. The maximum Gasteiger partial charge on any atom is 0.185 e. The number of hydrogen-bond acceptors (Lipinski definition) is 5. The number of aryl methyl sites for hydroxylation is 1. The molecule has 1 heterocycles. The zero-order valence-electron chi connectivity index (χ0n) is 11.6. The van der Waals surface area contributed by atoms with E-state index in [0.717, 1.165) is 6.42 Å². The third-order valence-corrected chi connectivity index (χ3v) is 4.86. The zero-order chi connectivity index (χ0) is 14.8. The Morgan fingerprint density at radius 2 is 2.10 bits per heavy atom. The summed E-state index contributed by atoms with van der Waals surface area (Å²) < 4.78 is 26.6. The van der Waals surface area contributed by atoms with Crippen molar-refractivity contribution in [2.75, 3.05) is 5.73 Å². The average Bonchev–Trinajstić information content (AvgIpc) is 2.80. The maximum absolute atomic E-state index is 12.5. The summed E-state index contributed by atoms with van der Waals surface area (Å²) in [5, 5.41) is 4.04. The standard InChI is InChI=1S/C13H18N4O2S/c1-3-7-17-13(15-9-16-17)8-20(18,19)12-6-4-5-11(14)10(12)2/h4-6,9H,3,7-8,14H2,1-2H3. The second-order valence-corrected chi connectivity index (χ2v) is 6.59. The number of hydrogen-bond donors (Lipinski definition) is 1. The SMILES string of the molecule is CCCn1ncnc1CS(=O)(=O)c1cccc(N)c1C. The van der Waals surface area contributed by atoms with Gasteiger partial charge in [0.2, 0.25) is 0 Å². The van der Waals surface area contributed by atoms with Gasteiger partial charge in [0.1, 0.15) is 17.9 Å². The predicted octanol–water partition coefficient (Wildman–Crippen LogP) is 1.55. The summed E-state index contributed by atoms with van der Waals surface area (Å²) in [6, 6.07) is 4.90. The van der Waals surface area contributed by atoms with Gasteiger partial charge in [0.05, 0.1) is 4.90 Å². The monoisotopic (exact) mass is 294 g/mol. The summed E-state index contributed by atoms with van der Waals surface area (Å²) in [5.74, 6) is 0.283. The van der Waals surface area contributed by atoms with Gasteiger partial charge in [-0.2, -0.15) is 5.10 Å². The highest BCUT2D eigenvalue weighted by Crippen LogP contribution is 2.23. The minimum Gasteiger partial charge on any atom is -0.398 e. The van der Waals surface area contributed by atoms with Crippen molar-refractivity contribution in [3.8, 4) is 0 Å².